The number of carboxylic acids is 1. The van der Waals surface area contributed by atoms with Crippen molar-refractivity contribution in [3.63, 3.8) is 0 Å². The van der Waals surface area contributed by atoms with Gasteiger partial charge < -0.3 is 14.6 Å². The molecule has 2 fully saturated rings. The van der Waals surface area contributed by atoms with Gasteiger partial charge in [-0.2, -0.15) is 4.31 Å². The van der Waals surface area contributed by atoms with Crippen LogP contribution in [0, 0.1) is 5.92 Å². The van der Waals surface area contributed by atoms with Crippen molar-refractivity contribution < 1.29 is 32.6 Å². The van der Waals surface area contributed by atoms with E-state index in [0.717, 1.165) is 0 Å². The molecule has 2 aliphatic heterocycles. The minimum atomic E-state index is -3.63. The van der Waals surface area contributed by atoms with Gasteiger partial charge in [0.05, 0.1) is 24.5 Å². The number of hydrogen-bond acceptors (Lipinski definition) is 6. The minimum absolute atomic E-state index is 0.111. The van der Waals surface area contributed by atoms with E-state index in [1.165, 1.54) is 28.6 Å². The number of sulfonamides is 1. The molecule has 2 aliphatic rings. The van der Waals surface area contributed by atoms with Gasteiger partial charge in [-0.05, 0) is 25.0 Å². The van der Waals surface area contributed by atoms with Gasteiger partial charge in [0.25, 0.3) is 0 Å². The molecule has 0 amide bonds. The molecule has 1 aromatic carbocycles. The highest BCUT2D eigenvalue weighted by molar-refractivity contribution is 7.89. The maximum atomic E-state index is 12.8. The van der Waals surface area contributed by atoms with Crippen LogP contribution in [-0.2, 0) is 24.3 Å². The Bertz CT molecular complexity index is 776. The molecule has 2 heterocycles. The molecule has 0 unspecified atom stereocenters. The lowest BCUT2D eigenvalue weighted by atomic mass is 9.98. The smallest absolute Gasteiger partial charge is 0.303 e. The Morgan fingerprint density at radius 1 is 1.04 bits per heavy atom. The summed E-state index contributed by atoms with van der Waals surface area (Å²) in [5.74, 6) is -1.16. The summed E-state index contributed by atoms with van der Waals surface area (Å²) >= 11 is 0. The molecular formula is C18H23NO7S. The van der Waals surface area contributed by atoms with Crippen LogP contribution in [0.3, 0.4) is 0 Å². The number of hydrogen-bond donors (Lipinski definition) is 1. The number of ether oxygens (including phenoxy) is 2. The highest BCUT2D eigenvalue weighted by atomic mass is 32.2. The SMILES string of the molecule is O=C(O)CCC(=O)c1ccc(S(=O)(=O)N2CCC(C3OCCO3)CC2)cc1. The predicted octanol–water partition coefficient (Wildman–Crippen LogP) is 1.51. The van der Waals surface area contributed by atoms with Gasteiger partial charge in [-0.15, -0.1) is 0 Å². The monoisotopic (exact) mass is 397 g/mol. The Kier molecular flexibility index (Phi) is 6.25. The maximum absolute atomic E-state index is 12.8. The van der Waals surface area contributed by atoms with Crippen molar-refractivity contribution in [3.05, 3.63) is 29.8 Å². The zero-order chi connectivity index (χ0) is 19.4. The first-order chi connectivity index (χ1) is 12.9. The Hall–Kier alpha value is -1.81. The fourth-order valence-corrected chi connectivity index (χ4v) is 4.83. The highest BCUT2D eigenvalue weighted by Gasteiger charge is 2.34. The van der Waals surface area contributed by atoms with Gasteiger partial charge >= 0.3 is 5.97 Å². The third kappa shape index (κ3) is 4.73. The van der Waals surface area contributed by atoms with E-state index in [1.807, 2.05) is 0 Å². The van der Waals surface area contributed by atoms with Crippen LogP contribution in [0.2, 0.25) is 0 Å². The fourth-order valence-electron chi connectivity index (χ4n) is 3.36. The van der Waals surface area contributed by atoms with Crippen molar-refractivity contribution in [3.8, 4) is 0 Å². The van der Waals surface area contributed by atoms with Crippen LogP contribution in [0.25, 0.3) is 0 Å². The molecule has 9 heteroatoms. The van der Waals surface area contributed by atoms with Gasteiger partial charge in [0, 0.05) is 31.0 Å². The Morgan fingerprint density at radius 2 is 1.63 bits per heavy atom. The van der Waals surface area contributed by atoms with Gasteiger partial charge in [-0.3, -0.25) is 9.59 Å². The van der Waals surface area contributed by atoms with Crippen molar-refractivity contribution >= 4 is 21.8 Å². The van der Waals surface area contributed by atoms with E-state index in [0.29, 0.717) is 44.7 Å². The number of carbonyl (C=O) groups excluding carboxylic acids is 1. The van der Waals surface area contributed by atoms with Gasteiger partial charge in [-0.25, -0.2) is 8.42 Å². The van der Waals surface area contributed by atoms with E-state index in [4.69, 9.17) is 14.6 Å². The molecule has 27 heavy (non-hydrogen) atoms. The second-order valence-electron chi connectivity index (χ2n) is 6.69. The van der Waals surface area contributed by atoms with Crippen LogP contribution >= 0.6 is 0 Å². The zero-order valence-corrected chi connectivity index (χ0v) is 15.7. The second kappa shape index (κ2) is 8.47. The quantitative estimate of drug-likeness (QED) is 0.694. The molecule has 0 radical (unpaired) electrons. The standard InChI is InChI=1S/C18H23NO7S/c20-16(5-6-17(21)22)13-1-3-15(4-2-13)27(23,24)19-9-7-14(8-10-19)18-25-11-12-26-18/h1-4,14,18H,5-12H2,(H,21,22). The molecule has 0 saturated carbocycles. The average Bonchev–Trinajstić information content (AvgIpc) is 3.21. The first-order valence-electron chi connectivity index (χ1n) is 8.96. The molecule has 0 atom stereocenters. The molecular weight excluding hydrogens is 374 g/mol. The number of nitrogens with zero attached hydrogens (tertiary/aromatic N) is 1. The minimum Gasteiger partial charge on any atom is -0.481 e. The van der Waals surface area contributed by atoms with Crippen LogP contribution in [0.1, 0.15) is 36.0 Å². The third-order valence-corrected chi connectivity index (χ3v) is 6.82. The summed E-state index contributed by atoms with van der Waals surface area (Å²) < 4.78 is 38.1. The molecule has 148 valence electrons. The molecule has 2 saturated heterocycles. The first kappa shape index (κ1) is 19.9. The van der Waals surface area contributed by atoms with Crippen LogP contribution in [0.5, 0.6) is 0 Å². The molecule has 0 aliphatic carbocycles. The molecule has 3 rings (SSSR count). The van der Waals surface area contributed by atoms with Gasteiger partial charge in [0.2, 0.25) is 10.0 Å². The number of ketones is 1. The normalized spacial score (nSPS) is 20.0. The summed E-state index contributed by atoms with van der Waals surface area (Å²) in [5, 5.41) is 8.64. The largest absolute Gasteiger partial charge is 0.481 e. The molecule has 0 spiro atoms. The summed E-state index contributed by atoms with van der Waals surface area (Å²) in [4.78, 5) is 22.6. The topological polar surface area (TPSA) is 110 Å². The van der Waals surface area contributed by atoms with Gasteiger partial charge in [-0.1, -0.05) is 12.1 Å². The van der Waals surface area contributed by atoms with Crippen molar-refractivity contribution in [2.45, 2.75) is 36.9 Å². The fraction of sp³-hybridized carbons (Fsp3) is 0.556. The molecule has 0 bridgehead atoms. The van der Waals surface area contributed by atoms with E-state index in [-0.39, 0.29) is 35.7 Å². The maximum Gasteiger partial charge on any atom is 0.303 e. The van der Waals surface area contributed by atoms with Crippen molar-refractivity contribution in [1.29, 1.82) is 0 Å². The van der Waals surface area contributed by atoms with Crippen LogP contribution < -0.4 is 0 Å². The summed E-state index contributed by atoms with van der Waals surface area (Å²) in [6.45, 7) is 1.96. The molecule has 8 nitrogen and oxygen atoms in total. The number of Topliss-reactive ketones (excluding diaryl/α,β-unsaturated/α-hetero) is 1. The zero-order valence-electron chi connectivity index (χ0n) is 14.9. The number of carbonyl (C=O) groups is 2. The van der Waals surface area contributed by atoms with Crippen molar-refractivity contribution in [2.24, 2.45) is 5.92 Å². The van der Waals surface area contributed by atoms with Crippen LogP contribution in [0.15, 0.2) is 29.2 Å². The lowest BCUT2D eigenvalue weighted by molar-refractivity contribution is -0.136. The van der Waals surface area contributed by atoms with Gasteiger partial charge in [0.1, 0.15) is 0 Å². The van der Waals surface area contributed by atoms with Crippen LogP contribution in [-0.4, -0.2) is 62.2 Å². The van der Waals surface area contributed by atoms with E-state index in [9.17, 15) is 18.0 Å². The Morgan fingerprint density at radius 3 is 2.19 bits per heavy atom. The molecule has 0 aromatic heterocycles. The van der Waals surface area contributed by atoms with E-state index >= 15 is 0 Å². The van der Waals surface area contributed by atoms with E-state index < -0.39 is 16.0 Å². The van der Waals surface area contributed by atoms with E-state index in [2.05, 4.69) is 0 Å². The molecule has 1 N–H and O–H groups in total. The van der Waals surface area contributed by atoms with Gasteiger partial charge in [0.15, 0.2) is 12.1 Å². The average molecular weight is 397 g/mol. The Balaban J connectivity index is 1.61. The summed E-state index contributed by atoms with van der Waals surface area (Å²) in [6, 6.07) is 5.67. The highest BCUT2D eigenvalue weighted by Crippen LogP contribution is 2.29. The number of aliphatic carboxylic acids is 1. The third-order valence-electron chi connectivity index (χ3n) is 4.91. The first-order valence-corrected chi connectivity index (χ1v) is 10.4. The number of carboxylic acid groups (broad SMARTS) is 1. The second-order valence-corrected chi connectivity index (χ2v) is 8.63. The lowest BCUT2D eigenvalue weighted by Crippen LogP contribution is -2.41. The Labute approximate surface area is 158 Å². The molecule has 1 aromatic rings. The number of benzene rings is 1. The predicted molar refractivity (Wildman–Crippen MR) is 94.8 cm³/mol. The van der Waals surface area contributed by atoms with E-state index in [1.54, 1.807) is 0 Å². The van der Waals surface area contributed by atoms with Crippen molar-refractivity contribution in [2.75, 3.05) is 26.3 Å². The summed E-state index contributed by atoms with van der Waals surface area (Å²) in [7, 11) is -3.63. The number of rotatable bonds is 7. The van der Waals surface area contributed by atoms with Crippen LogP contribution in [0.4, 0.5) is 0 Å². The lowest BCUT2D eigenvalue weighted by Gasteiger charge is -2.33. The van der Waals surface area contributed by atoms with Crippen molar-refractivity contribution in [1.82, 2.24) is 4.31 Å². The number of piperidine rings is 1. The summed E-state index contributed by atoms with van der Waals surface area (Å²) in [5.41, 5.74) is 0.310. The summed E-state index contributed by atoms with van der Waals surface area (Å²) in [6.07, 6.45) is 0.763.